The van der Waals surface area contributed by atoms with Gasteiger partial charge >= 0.3 is 0 Å². The Morgan fingerprint density at radius 1 is 1.16 bits per heavy atom. The van der Waals surface area contributed by atoms with Crippen molar-refractivity contribution in [3.8, 4) is 0 Å². The van der Waals surface area contributed by atoms with Crippen molar-refractivity contribution >= 4 is 34.0 Å². The standard InChI is InChI=1S/C22H23N5O3S/c1-30-14-19-25-26-22(31-19)24-18(28)12-7-13-27-20(15-8-3-2-4-9-15)23-17-11-6-5-10-16(17)21(27)29/h2-6,8-11,20,23H,7,12-14H2,1H3,(H,24,26,28)/t20-/m1/s1. The molecule has 1 aliphatic heterocycles. The van der Waals surface area contributed by atoms with Crippen LogP contribution in [0.5, 0.6) is 0 Å². The summed E-state index contributed by atoms with van der Waals surface area (Å²) in [6.45, 7) is 0.804. The fraction of sp³-hybridized carbons (Fsp3) is 0.273. The lowest BCUT2D eigenvalue weighted by Crippen LogP contribution is -2.43. The van der Waals surface area contributed by atoms with E-state index in [1.807, 2.05) is 54.6 Å². The minimum atomic E-state index is -0.286. The molecular formula is C22H23N5O3S. The summed E-state index contributed by atoms with van der Waals surface area (Å²) in [5.41, 5.74) is 2.45. The van der Waals surface area contributed by atoms with E-state index < -0.39 is 0 Å². The van der Waals surface area contributed by atoms with Gasteiger partial charge in [0.2, 0.25) is 11.0 Å². The molecule has 8 nitrogen and oxygen atoms in total. The Bertz CT molecular complexity index is 1060. The van der Waals surface area contributed by atoms with Gasteiger partial charge in [0.25, 0.3) is 5.91 Å². The summed E-state index contributed by atoms with van der Waals surface area (Å²) in [5, 5.41) is 15.3. The fourth-order valence-electron chi connectivity index (χ4n) is 3.50. The molecule has 9 heteroatoms. The van der Waals surface area contributed by atoms with Crippen LogP contribution in [0.15, 0.2) is 54.6 Å². The first-order valence-corrected chi connectivity index (χ1v) is 10.8. The van der Waals surface area contributed by atoms with Gasteiger partial charge in [-0.2, -0.15) is 0 Å². The molecule has 1 atom stereocenters. The number of aromatic nitrogens is 2. The first kappa shape index (κ1) is 21.0. The predicted molar refractivity (Wildman–Crippen MR) is 119 cm³/mol. The second-order valence-corrected chi connectivity index (χ2v) is 8.15. The number of nitrogens with zero attached hydrogens (tertiary/aromatic N) is 3. The average molecular weight is 438 g/mol. The van der Waals surface area contributed by atoms with Crippen molar-refractivity contribution in [2.45, 2.75) is 25.6 Å². The van der Waals surface area contributed by atoms with Gasteiger partial charge in [0.1, 0.15) is 17.8 Å². The van der Waals surface area contributed by atoms with Crippen molar-refractivity contribution in [2.75, 3.05) is 24.3 Å². The van der Waals surface area contributed by atoms with Crippen molar-refractivity contribution < 1.29 is 14.3 Å². The Labute approximate surface area is 184 Å². The number of hydrogen-bond acceptors (Lipinski definition) is 7. The highest BCUT2D eigenvalue weighted by molar-refractivity contribution is 7.15. The Hall–Kier alpha value is -3.30. The molecule has 2 aromatic carbocycles. The lowest BCUT2D eigenvalue weighted by atomic mass is 10.0. The van der Waals surface area contributed by atoms with Gasteiger partial charge in [-0.15, -0.1) is 10.2 Å². The number of carbonyl (C=O) groups excluding carboxylic acids is 2. The summed E-state index contributed by atoms with van der Waals surface area (Å²) in [4.78, 5) is 27.3. The van der Waals surface area contributed by atoms with E-state index >= 15 is 0 Å². The normalized spacial score (nSPS) is 15.3. The van der Waals surface area contributed by atoms with Gasteiger partial charge in [0.15, 0.2) is 0 Å². The van der Waals surface area contributed by atoms with Gasteiger partial charge in [-0.3, -0.25) is 9.59 Å². The van der Waals surface area contributed by atoms with Crippen molar-refractivity contribution in [3.05, 3.63) is 70.7 Å². The van der Waals surface area contributed by atoms with Crippen molar-refractivity contribution in [1.82, 2.24) is 15.1 Å². The number of nitrogens with one attached hydrogen (secondary N) is 2. The number of methoxy groups -OCH3 is 1. The Morgan fingerprint density at radius 2 is 1.94 bits per heavy atom. The number of benzene rings is 2. The van der Waals surface area contributed by atoms with E-state index in [2.05, 4.69) is 20.8 Å². The van der Waals surface area contributed by atoms with Gasteiger partial charge < -0.3 is 20.3 Å². The van der Waals surface area contributed by atoms with Crippen LogP contribution in [0.4, 0.5) is 10.8 Å². The van der Waals surface area contributed by atoms with E-state index in [-0.39, 0.29) is 24.4 Å². The molecule has 0 fully saturated rings. The summed E-state index contributed by atoms with van der Waals surface area (Å²) in [5.74, 6) is -0.203. The van der Waals surface area contributed by atoms with E-state index in [0.717, 1.165) is 11.3 Å². The third-order valence-electron chi connectivity index (χ3n) is 4.92. The second kappa shape index (κ2) is 9.67. The predicted octanol–water partition coefficient (Wildman–Crippen LogP) is 3.67. The third-order valence-corrected chi connectivity index (χ3v) is 5.73. The number of ether oxygens (including phenoxy) is 1. The van der Waals surface area contributed by atoms with Crippen LogP contribution >= 0.6 is 11.3 Å². The van der Waals surface area contributed by atoms with Crippen LogP contribution in [-0.4, -0.2) is 40.6 Å². The minimum absolute atomic E-state index is 0.0445. The summed E-state index contributed by atoms with van der Waals surface area (Å²) in [6.07, 6.45) is 0.507. The highest BCUT2D eigenvalue weighted by Gasteiger charge is 2.32. The van der Waals surface area contributed by atoms with Gasteiger partial charge in [0.05, 0.1) is 5.56 Å². The molecule has 4 rings (SSSR count). The van der Waals surface area contributed by atoms with Gasteiger partial charge in [-0.1, -0.05) is 53.8 Å². The number of rotatable bonds is 8. The summed E-state index contributed by atoms with van der Waals surface area (Å²) >= 11 is 1.28. The van der Waals surface area contributed by atoms with Crippen LogP contribution in [0.3, 0.4) is 0 Å². The SMILES string of the molecule is COCc1nnc(NC(=O)CCCN2C(=O)c3ccccc3N[C@H]2c2ccccc2)s1. The number of anilines is 2. The Kier molecular flexibility index (Phi) is 6.54. The van der Waals surface area contributed by atoms with Gasteiger partial charge in [-0.25, -0.2) is 0 Å². The van der Waals surface area contributed by atoms with E-state index in [9.17, 15) is 9.59 Å². The minimum Gasteiger partial charge on any atom is -0.377 e. The molecule has 0 unspecified atom stereocenters. The first-order valence-electron chi connectivity index (χ1n) is 9.98. The number of amides is 2. The lowest BCUT2D eigenvalue weighted by Gasteiger charge is -2.38. The van der Waals surface area contributed by atoms with Crippen molar-refractivity contribution in [1.29, 1.82) is 0 Å². The summed E-state index contributed by atoms with van der Waals surface area (Å²) < 4.78 is 5.01. The zero-order chi connectivity index (χ0) is 21.6. The first-order chi connectivity index (χ1) is 15.2. The average Bonchev–Trinajstić information content (AvgIpc) is 3.22. The molecule has 2 heterocycles. The molecule has 0 saturated carbocycles. The molecule has 0 radical (unpaired) electrons. The van der Waals surface area contributed by atoms with Crippen LogP contribution < -0.4 is 10.6 Å². The van der Waals surface area contributed by atoms with Crippen LogP contribution in [0.25, 0.3) is 0 Å². The summed E-state index contributed by atoms with van der Waals surface area (Å²) in [6, 6.07) is 17.3. The van der Waals surface area contributed by atoms with Crippen LogP contribution in [0.2, 0.25) is 0 Å². The van der Waals surface area contributed by atoms with E-state index in [1.54, 1.807) is 12.0 Å². The third kappa shape index (κ3) is 4.89. The molecule has 0 saturated heterocycles. The maximum absolute atomic E-state index is 13.2. The van der Waals surface area contributed by atoms with E-state index in [4.69, 9.17) is 4.74 Å². The Morgan fingerprint density at radius 3 is 2.74 bits per heavy atom. The van der Waals surface area contributed by atoms with E-state index in [1.165, 1.54) is 11.3 Å². The number of carbonyl (C=O) groups is 2. The highest BCUT2D eigenvalue weighted by Crippen LogP contribution is 2.33. The summed E-state index contributed by atoms with van der Waals surface area (Å²) in [7, 11) is 1.58. The fourth-order valence-corrected chi connectivity index (χ4v) is 4.23. The molecule has 0 bridgehead atoms. The van der Waals surface area contributed by atoms with Gasteiger partial charge in [0, 0.05) is 25.8 Å². The van der Waals surface area contributed by atoms with Crippen molar-refractivity contribution in [3.63, 3.8) is 0 Å². The van der Waals surface area contributed by atoms with Crippen molar-refractivity contribution in [2.24, 2.45) is 0 Å². The maximum Gasteiger partial charge on any atom is 0.257 e. The number of hydrogen-bond donors (Lipinski definition) is 2. The number of fused-ring (bicyclic) bond motifs is 1. The molecule has 160 valence electrons. The van der Waals surface area contributed by atoms with Crippen LogP contribution in [0.1, 0.15) is 39.9 Å². The molecule has 3 aromatic rings. The lowest BCUT2D eigenvalue weighted by molar-refractivity contribution is -0.116. The maximum atomic E-state index is 13.2. The van der Waals surface area contributed by atoms with Gasteiger partial charge in [-0.05, 0) is 24.1 Å². The smallest absolute Gasteiger partial charge is 0.257 e. The zero-order valence-corrected chi connectivity index (χ0v) is 17.9. The zero-order valence-electron chi connectivity index (χ0n) is 17.1. The second-order valence-electron chi connectivity index (χ2n) is 7.09. The monoisotopic (exact) mass is 437 g/mol. The molecule has 0 aliphatic carbocycles. The highest BCUT2D eigenvalue weighted by atomic mass is 32.1. The molecular weight excluding hydrogens is 414 g/mol. The largest absolute Gasteiger partial charge is 0.377 e. The molecule has 31 heavy (non-hydrogen) atoms. The quantitative estimate of drug-likeness (QED) is 0.558. The molecule has 0 spiro atoms. The van der Waals surface area contributed by atoms with Crippen LogP contribution in [0, 0.1) is 0 Å². The number of para-hydroxylation sites is 1. The van der Waals surface area contributed by atoms with E-state index in [0.29, 0.717) is 35.3 Å². The molecule has 1 aliphatic rings. The molecule has 1 aromatic heterocycles. The molecule has 2 N–H and O–H groups in total. The molecule has 2 amide bonds. The topological polar surface area (TPSA) is 96.5 Å². The van der Waals surface area contributed by atoms with Crippen LogP contribution in [-0.2, 0) is 16.1 Å². The Balaban J connectivity index is 1.41.